The van der Waals surface area contributed by atoms with Gasteiger partial charge in [0.15, 0.2) is 0 Å². The van der Waals surface area contributed by atoms with E-state index < -0.39 is 6.04 Å². The zero-order chi connectivity index (χ0) is 26.8. The molecule has 1 aliphatic rings. The number of amides is 2. The molecule has 6 nitrogen and oxygen atoms in total. The molecule has 0 saturated heterocycles. The van der Waals surface area contributed by atoms with Crippen molar-refractivity contribution in [2.45, 2.75) is 32.1 Å². The first kappa shape index (κ1) is 24.6. The van der Waals surface area contributed by atoms with Crippen LogP contribution in [0.4, 0.5) is 0 Å². The van der Waals surface area contributed by atoms with Crippen molar-refractivity contribution in [1.82, 2.24) is 15.2 Å². The van der Waals surface area contributed by atoms with Crippen molar-refractivity contribution in [1.29, 1.82) is 0 Å². The summed E-state index contributed by atoms with van der Waals surface area (Å²) in [5.74, 6) is -0.325. The lowest BCUT2D eigenvalue weighted by molar-refractivity contribution is -0.126. The van der Waals surface area contributed by atoms with Crippen LogP contribution >= 0.6 is 0 Å². The van der Waals surface area contributed by atoms with Gasteiger partial charge in [0.05, 0.1) is 6.54 Å². The van der Waals surface area contributed by atoms with Gasteiger partial charge in [-0.15, -0.1) is 0 Å². The molecule has 0 aliphatic carbocycles. The van der Waals surface area contributed by atoms with E-state index in [2.05, 4.69) is 16.4 Å². The summed E-state index contributed by atoms with van der Waals surface area (Å²) >= 11 is 0. The highest BCUT2D eigenvalue weighted by Gasteiger charge is 2.36. The second-order valence-corrected chi connectivity index (χ2v) is 9.96. The predicted molar refractivity (Wildman–Crippen MR) is 154 cm³/mol. The summed E-state index contributed by atoms with van der Waals surface area (Å²) in [6.07, 6.45) is 0.450. The van der Waals surface area contributed by atoms with Gasteiger partial charge in [-0.05, 0) is 46.0 Å². The highest BCUT2D eigenvalue weighted by Crippen LogP contribution is 2.31. The minimum Gasteiger partial charge on any atom is -0.357 e. The van der Waals surface area contributed by atoms with Crippen molar-refractivity contribution in [3.8, 4) is 11.1 Å². The number of H-pyrrole nitrogens is 1. The molecular weight excluding hydrogens is 484 g/mol. The number of nitrogens with zero attached hydrogens (tertiary/aromatic N) is 1. The maximum atomic E-state index is 13.9. The number of benzene rings is 4. The second-order valence-electron chi connectivity index (χ2n) is 9.96. The Morgan fingerprint density at radius 1 is 0.821 bits per heavy atom. The summed E-state index contributed by atoms with van der Waals surface area (Å²) in [5, 5.41) is 4.17. The van der Waals surface area contributed by atoms with E-state index in [-0.39, 0.29) is 11.8 Å². The molecule has 1 aromatic heterocycles. The van der Waals surface area contributed by atoms with Crippen LogP contribution in [-0.4, -0.2) is 27.7 Å². The standard InChI is InChI=1S/C33H30N4O2/c34-19-22-10-12-23(13-11-22)20-35-32(38)31-18-28-27-8-4-5-9-29(27)36-30(28)21-37(31)33(39)26-16-14-25(15-17-26)24-6-2-1-3-7-24/h1-17,31,36H,18-21,34H2,(H,35,38). The molecule has 0 radical (unpaired) electrons. The summed E-state index contributed by atoms with van der Waals surface area (Å²) in [4.78, 5) is 32.6. The molecule has 6 heteroatoms. The summed E-state index contributed by atoms with van der Waals surface area (Å²) in [7, 11) is 0. The van der Waals surface area contributed by atoms with Gasteiger partial charge < -0.3 is 20.9 Å². The van der Waals surface area contributed by atoms with Crippen LogP contribution < -0.4 is 11.1 Å². The summed E-state index contributed by atoms with van der Waals surface area (Å²) in [6, 6.07) is 33.0. The minimum absolute atomic E-state index is 0.161. The van der Waals surface area contributed by atoms with E-state index in [0.29, 0.717) is 31.6 Å². The molecule has 4 aromatic carbocycles. The van der Waals surface area contributed by atoms with Gasteiger partial charge in [-0.3, -0.25) is 9.59 Å². The van der Waals surface area contributed by atoms with Crippen molar-refractivity contribution >= 4 is 22.7 Å². The Bertz CT molecular complexity index is 1620. The first-order valence-corrected chi connectivity index (χ1v) is 13.2. The Labute approximate surface area is 227 Å². The van der Waals surface area contributed by atoms with Crippen molar-refractivity contribution in [3.63, 3.8) is 0 Å². The lowest BCUT2D eigenvalue weighted by Gasteiger charge is -2.35. The number of rotatable bonds is 6. The zero-order valence-electron chi connectivity index (χ0n) is 21.6. The third-order valence-corrected chi connectivity index (χ3v) is 7.53. The predicted octanol–water partition coefficient (Wildman–Crippen LogP) is 5.18. The summed E-state index contributed by atoms with van der Waals surface area (Å²) < 4.78 is 0. The summed E-state index contributed by atoms with van der Waals surface area (Å²) in [5.41, 5.74) is 13.5. The number of para-hydroxylation sites is 1. The van der Waals surface area contributed by atoms with Crippen LogP contribution in [0.1, 0.15) is 32.7 Å². The monoisotopic (exact) mass is 514 g/mol. The molecule has 1 aliphatic heterocycles. The van der Waals surface area contributed by atoms with E-state index in [0.717, 1.165) is 44.4 Å². The van der Waals surface area contributed by atoms with Gasteiger partial charge >= 0.3 is 0 Å². The lowest BCUT2D eigenvalue weighted by Crippen LogP contribution is -2.52. The molecule has 0 saturated carbocycles. The Hall–Kier alpha value is -4.68. The Morgan fingerprint density at radius 2 is 1.49 bits per heavy atom. The maximum absolute atomic E-state index is 13.9. The molecule has 194 valence electrons. The quantitative estimate of drug-likeness (QED) is 0.292. The SMILES string of the molecule is NCc1ccc(CNC(=O)C2Cc3c([nH]c4ccccc34)CN2C(=O)c2ccc(-c3ccccc3)cc2)cc1. The van der Waals surface area contributed by atoms with E-state index in [4.69, 9.17) is 5.73 Å². The summed E-state index contributed by atoms with van der Waals surface area (Å²) in [6.45, 7) is 1.20. The molecule has 39 heavy (non-hydrogen) atoms. The van der Waals surface area contributed by atoms with Crippen LogP contribution in [0.15, 0.2) is 103 Å². The highest BCUT2D eigenvalue weighted by atomic mass is 16.2. The van der Waals surface area contributed by atoms with Gasteiger partial charge in [0.2, 0.25) is 5.91 Å². The zero-order valence-corrected chi connectivity index (χ0v) is 21.6. The normalized spacial score (nSPS) is 14.7. The first-order chi connectivity index (χ1) is 19.1. The number of carbonyl (C=O) groups is 2. The smallest absolute Gasteiger partial charge is 0.254 e. The Kier molecular flexibility index (Phi) is 6.69. The first-order valence-electron chi connectivity index (χ1n) is 13.2. The van der Waals surface area contributed by atoms with Crippen LogP contribution in [0.3, 0.4) is 0 Å². The molecule has 1 unspecified atom stereocenters. The number of nitrogens with one attached hydrogen (secondary N) is 2. The molecule has 2 heterocycles. The third kappa shape index (κ3) is 4.94. The number of hydrogen-bond acceptors (Lipinski definition) is 3. The molecule has 0 spiro atoms. The number of aromatic nitrogens is 1. The van der Waals surface area contributed by atoms with Crippen LogP contribution in [0, 0.1) is 0 Å². The second kappa shape index (κ2) is 10.6. The molecule has 1 atom stereocenters. The van der Waals surface area contributed by atoms with E-state index in [9.17, 15) is 9.59 Å². The van der Waals surface area contributed by atoms with Gasteiger partial charge in [-0.2, -0.15) is 0 Å². The fourth-order valence-electron chi connectivity index (χ4n) is 5.36. The molecule has 5 aromatic rings. The molecule has 0 fully saturated rings. The lowest BCUT2D eigenvalue weighted by atomic mass is 9.94. The van der Waals surface area contributed by atoms with Crippen LogP contribution in [0.2, 0.25) is 0 Å². The van der Waals surface area contributed by atoms with Gasteiger partial charge in [-0.1, -0.05) is 84.9 Å². The number of nitrogens with two attached hydrogens (primary N) is 1. The number of fused-ring (bicyclic) bond motifs is 3. The molecule has 6 rings (SSSR count). The van der Waals surface area contributed by atoms with E-state index in [1.165, 1.54) is 0 Å². The van der Waals surface area contributed by atoms with Gasteiger partial charge in [0.25, 0.3) is 5.91 Å². The number of hydrogen-bond donors (Lipinski definition) is 3. The average Bonchev–Trinajstić information content (AvgIpc) is 3.37. The van der Waals surface area contributed by atoms with Crippen LogP contribution in [0.5, 0.6) is 0 Å². The van der Waals surface area contributed by atoms with Crippen molar-refractivity contribution in [2.24, 2.45) is 5.73 Å². The number of carbonyl (C=O) groups excluding carboxylic acids is 2. The Morgan fingerprint density at radius 3 is 2.23 bits per heavy atom. The fraction of sp³-hybridized carbons (Fsp3) is 0.152. The minimum atomic E-state index is -0.624. The van der Waals surface area contributed by atoms with E-state index in [1.807, 2.05) is 97.1 Å². The topological polar surface area (TPSA) is 91.2 Å². The van der Waals surface area contributed by atoms with E-state index in [1.54, 1.807) is 4.90 Å². The van der Waals surface area contributed by atoms with E-state index >= 15 is 0 Å². The van der Waals surface area contributed by atoms with Crippen LogP contribution in [0.25, 0.3) is 22.0 Å². The van der Waals surface area contributed by atoms with Gasteiger partial charge in [0, 0.05) is 41.7 Å². The highest BCUT2D eigenvalue weighted by molar-refractivity contribution is 5.99. The largest absolute Gasteiger partial charge is 0.357 e. The third-order valence-electron chi connectivity index (χ3n) is 7.53. The average molecular weight is 515 g/mol. The fourth-order valence-corrected chi connectivity index (χ4v) is 5.36. The maximum Gasteiger partial charge on any atom is 0.254 e. The van der Waals surface area contributed by atoms with Gasteiger partial charge in [-0.25, -0.2) is 0 Å². The molecule has 2 amide bonds. The van der Waals surface area contributed by atoms with Gasteiger partial charge in [0.1, 0.15) is 6.04 Å². The molecular formula is C33H30N4O2. The van der Waals surface area contributed by atoms with Crippen molar-refractivity contribution < 1.29 is 9.59 Å². The molecule has 0 bridgehead atoms. The molecule has 4 N–H and O–H groups in total. The Balaban J connectivity index is 1.28. The van der Waals surface area contributed by atoms with Crippen molar-refractivity contribution in [2.75, 3.05) is 0 Å². The van der Waals surface area contributed by atoms with Crippen LogP contribution in [-0.2, 0) is 30.8 Å². The number of aromatic amines is 1. The van der Waals surface area contributed by atoms with Crippen molar-refractivity contribution in [3.05, 3.63) is 131 Å².